The van der Waals surface area contributed by atoms with Gasteiger partial charge in [-0.3, -0.25) is 14.9 Å². The van der Waals surface area contributed by atoms with E-state index in [1.54, 1.807) is 23.6 Å². The quantitative estimate of drug-likeness (QED) is 0.299. The zero-order chi connectivity index (χ0) is 25.3. The molecule has 0 aliphatic rings. The molecule has 0 aliphatic heterocycles. The van der Waals surface area contributed by atoms with Gasteiger partial charge in [-0.1, -0.05) is 41.4 Å². The SMILES string of the molecule is CC(OC(=O)Cn1c(C(F)(F)F)nc2ccccc21)C(=O)Nc1nc(-c2ccc(Cl)c(Cl)c2)cs1. The van der Waals surface area contributed by atoms with Crippen LogP contribution in [0.15, 0.2) is 47.8 Å². The average Bonchev–Trinajstić information content (AvgIpc) is 3.40. The van der Waals surface area contributed by atoms with Crippen molar-refractivity contribution in [3.8, 4) is 11.3 Å². The van der Waals surface area contributed by atoms with E-state index in [0.29, 0.717) is 25.9 Å². The Morgan fingerprint density at radius 3 is 2.60 bits per heavy atom. The number of amides is 1. The van der Waals surface area contributed by atoms with Gasteiger partial charge in [0.1, 0.15) is 6.54 Å². The van der Waals surface area contributed by atoms with E-state index in [1.807, 2.05) is 0 Å². The van der Waals surface area contributed by atoms with Crippen LogP contribution in [0, 0.1) is 0 Å². The number of carbonyl (C=O) groups is 2. The molecular formula is C22H15Cl2F3N4O3S. The van der Waals surface area contributed by atoms with Crippen molar-refractivity contribution in [2.45, 2.75) is 25.7 Å². The minimum Gasteiger partial charge on any atom is -0.451 e. The summed E-state index contributed by atoms with van der Waals surface area (Å²) in [7, 11) is 0. The molecule has 0 bridgehead atoms. The molecule has 0 aliphatic carbocycles. The van der Waals surface area contributed by atoms with E-state index in [9.17, 15) is 22.8 Å². The number of esters is 1. The maximum absolute atomic E-state index is 13.4. The molecule has 1 atom stereocenters. The smallest absolute Gasteiger partial charge is 0.449 e. The number of fused-ring (bicyclic) bond motifs is 1. The van der Waals surface area contributed by atoms with Crippen LogP contribution in [0.5, 0.6) is 0 Å². The Balaban J connectivity index is 1.42. The first-order valence-corrected chi connectivity index (χ1v) is 11.6. The Hall–Kier alpha value is -3.15. The van der Waals surface area contributed by atoms with Gasteiger partial charge in [0, 0.05) is 10.9 Å². The lowest BCUT2D eigenvalue weighted by Gasteiger charge is -2.14. The number of rotatable bonds is 6. The van der Waals surface area contributed by atoms with Crippen LogP contribution in [0.1, 0.15) is 12.7 Å². The van der Waals surface area contributed by atoms with E-state index in [4.69, 9.17) is 27.9 Å². The fourth-order valence-electron chi connectivity index (χ4n) is 3.20. The van der Waals surface area contributed by atoms with Gasteiger partial charge in [-0.2, -0.15) is 13.2 Å². The van der Waals surface area contributed by atoms with E-state index in [0.717, 1.165) is 11.3 Å². The third-order valence-corrected chi connectivity index (χ3v) is 6.32. The molecule has 13 heteroatoms. The standard InChI is InChI=1S/C22H15Cl2F3N4O3S/c1-11(19(33)30-21-29-16(10-35-21)12-6-7-13(23)14(24)8-12)34-18(32)9-31-17-5-3-2-4-15(17)28-20(31)22(25,26)27/h2-8,10-11H,9H2,1H3,(H,29,30,33). The van der Waals surface area contributed by atoms with Crippen molar-refractivity contribution < 1.29 is 27.5 Å². The zero-order valence-corrected chi connectivity index (χ0v) is 20.1. The van der Waals surface area contributed by atoms with E-state index in [2.05, 4.69) is 15.3 Å². The molecule has 2 aromatic heterocycles. The van der Waals surface area contributed by atoms with E-state index in [-0.39, 0.29) is 16.2 Å². The minimum atomic E-state index is -4.78. The largest absolute Gasteiger partial charge is 0.451 e. The highest BCUT2D eigenvalue weighted by Crippen LogP contribution is 2.32. The number of anilines is 1. The third kappa shape index (κ3) is 5.58. The number of alkyl halides is 3. The van der Waals surface area contributed by atoms with Gasteiger partial charge in [0.15, 0.2) is 11.2 Å². The lowest BCUT2D eigenvalue weighted by Crippen LogP contribution is -2.31. The first-order valence-electron chi connectivity index (χ1n) is 9.96. The van der Waals surface area contributed by atoms with Crippen LogP contribution < -0.4 is 5.32 Å². The van der Waals surface area contributed by atoms with Crippen LogP contribution in [0.3, 0.4) is 0 Å². The average molecular weight is 543 g/mol. The number of nitrogens with zero attached hydrogens (tertiary/aromatic N) is 3. The van der Waals surface area contributed by atoms with Gasteiger partial charge in [-0.05, 0) is 31.2 Å². The molecule has 1 unspecified atom stereocenters. The highest BCUT2D eigenvalue weighted by molar-refractivity contribution is 7.14. The molecule has 35 heavy (non-hydrogen) atoms. The number of hydrogen-bond acceptors (Lipinski definition) is 6. The minimum absolute atomic E-state index is 0.0833. The monoisotopic (exact) mass is 542 g/mol. The molecule has 2 heterocycles. The first-order chi connectivity index (χ1) is 16.5. The predicted molar refractivity (Wildman–Crippen MR) is 126 cm³/mol. The third-order valence-electron chi connectivity index (χ3n) is 4.82. The van der Waals surface area contributed by atoms with Gasteiger partial charge >= 0.3 is 12.1 Å². The normalized spacial score (nSPS) is 12.5. The molecular weight excluding hydrogens is 528 g/mol. The van der Waals surface area contributed by atoms with Crippen molar-refractivity contribution in [3.63, 3.8) is 0 Å². The molecule has 182 valence electrons. The molecule has 0 saturated carbocycles. The maximum Gasteiger partial charge on any atom is 0.449 e. The molecule has 4 aromatic rings. The second-order valence-electron chi connectivity index (χ2n) is 7.30. The van der Waals surface area contributed by atoms with Crippen LogP contribution in [-0.4, -0.2) is 32.5 Å². The Kier molecular flexibility index (Phi) is 7.02. The van der Waals surface area contributed by atoms with Crippen molar-refractivity contribution in [2.75, 3.05) is 5.32 Å². The van der Waals surface area contributed by atoms with Gasteiger partial charge in [0.2, 0.25) is 5.82 Å². The number of imidazole rings is 1. The lowest BCUT2D eigenvalue weighted by molar-refractivity contribution is -0.156. The number of halogens is 5. The van der Waals surface area contributed by atoms with E-state index < -0.39 is 36.5 Å². The number of hydrogen-bond donors (Lipinski definition) is 1. The maximum atomic E-state index is 13.4. The van der Waals surface area contributed by atoms with Gasteiger partial charge < -0.3 is 9.30 Å². The number of carbonyl (C=O) groups excluding carboxylic acids is 2. The molecule has 0 spiro atoms. The summed E-state index contributed by atoms with van der Waals surface area (Å²) in [4.78, 5) is 32.7. The van der Waals surface area contributed by atoms with Crippen LogP contribution in [0.2, 0.25) is 10.0 Å². The summed E-state index contributed by atoms with van der Waals surface area (Å²) in [5.41, 5.74) is 1.43. The number of nitrogens with one attached hydrogen (secondary N) is 1. The molecule has 4 rings (SSSR count). The molecule has 0 radical (unpaired) electrons. The fourth-order valence-corrected chi connectivity index (χ4v) is 4.22. The highest BCUT2D eigenvalue weighted by Gasteiger charge is 2.38. The number of benzene rings is 2. The van der Waals surface area contributed by atoms with Gasteiger partial charge in [0.25, 0.3) is 5.91 Å². The van der Waals surface area contributed by atoms with Gasteiger partial charge in [0.05, 0.1) is 26.8 Å². The van der Waals surface area contributed by atoms with Crippen molar-refractivity contribution in [1.29, 1.82) is 0 Å². The summed E-state index contributed by atoms with van der Waals surface area (Å²) in [6.07, 6.45) is -6.07. The highest BCUT2D eigenvalue weighted by atomic mass is 35.5. The summed E-state index contributed by atoms with van der Waals surface area (Å²) >= 11 is 13.1. The molecule has 1 amide bonds. The molecule has 0 saturated heterocycles. The molecule has 2 aromatic carbocycles. The predicted octanol–water partition coefficient (Wildman–Crippen LogP) is 6.06. The first kappa shape index (κ1) is 25.0. The molecule has 0 fully saturated rings. The summed E-state index contributed by atoms with van der Waals surface area (Å²) in [6.45, 7) is 0.531. The summed E-state index contributed by atoms with van der Waals surface area (Å²) in [6, 6.07) is 10.8. The Morgan fingerprint density at radius 2 is 1.89 bits per heavy atom. The lowest BCUT2D eigenvalue weighted by atomic mass is 10.2. The van der Waals surface area contributed by atoms with Crippen molar-refractivity contribution >= 4 is 62.6 Å². The van der Waals surface area contributed by atoms with E-state index >= 15 is 0 Å². The van der Waals surface area contributed by atoms with Gasteiger partial charge in [-0.15, -0.1) is 11.3 Å². The second-order valence-corrected chi connectivity index (χ2v) is 8.97. The summed E-state index contributed by atoms with van der Waals surface area (Å²) in [5.74, 6) is -2.96. The van der Waals surface area contributed by atoms with Crippen LogP contribution in [0.4, 0.5) is 18.3 Å². The second kappa shape index (κ2) is 9.84. The number of thiazole rings is 1. The topological polar surface area (TPSA) is 86.1 Å². The van der Waals surface area contributed by atoms with Crippen LogP contribution >= 0.6 is 34.5 Å². The fraction of sp³-hybridized carbons (Fsp3) is 0.182. The summed E-state index contributed by atoms with van der Waals surface area (Å²) < 4.78 is 46.0. The van der Waals surface area contributed by atoms with Crippen molar-refractivity contribution in [1.82, 2.24) is 14.5 Å². The van der Waals surface area contributed by atoms with E-state index in [1.165, 1.54) is 31.2 Å². The van der Waals surface area contributed by atoms with Gasteiger partial charge in [-0.25, -0.2) is 9.97 Å². The number of aromatic nitrogens is 3. The Labute approximate surface area is 210 Å². The number of ether oxygens (including phenoxy) is 1. The Morgan fingerprint density at radius 1 is 1.14 bits per heavy atom. The summed E-state index contributed by atoms with van der Waals surface area (Å²) in [5, 5.41) is 5.18. The molecule has 7 nitrogen and oxygen atoms in total. The Bertz CT molecular complexity index is 1420. The van der Waals surface area contributed by atoms with Crippen molar-refractivity contribution in [2.24, 2.45) is 0 Å². The zero-order valence-electron chi connectivity index (χ0n) is 17.8. The van der Waals surface area contributed by atoms with Crippen LogP contribution in [0.25, 0.3) is 22.3 Å². The van der Waals surface area contributed by atoms with Crippen molar-refractivity contribution in [3.05, 3.63) is 63.7 Å². The van der Waals surface area contributed by atoms with Crippen LogP contribution in [-0.2, 0) is 27.0 Å². The number of para-hydroxylation sites is 2. The molecule has 1 N–H and O–H groups in total.